The average molecular weight is 317 g/mol. The van der Waals surface area contributed by atoms with Gasteiger partial charge in [-0.3, -0.25) is 5.32 Å². The van der Waals surface area contributed by atoms with E-state index in [1.165, 1.54) is 0 Å². The number of nitrogens with zero attached hydrogens (tertiary/aromatic N) is 2. The van der Waals surface area contributed by atoms with Crippen molar-refractivity contribution in [2.45, 2.75) is 0 Å². The number of hydrogen-bond donors (Lipinski definition) is 2. The first-order valence-electron chi connectivity index (χ1n) is 5.37. The van der Waals surface area contributed by atoms with Gasteiger partial charge in [-0.05, 0) is 46.3 Å². The molecular formula is C13H9BrN4O. The van der Waals surface area contributed by atoms with E-state index in [1.807, 2.05) is 6.07 Å². The Morgan fingerprint density at radius 1 is 1.26 bits per heavy atom. The van der Waals surface area contributed by atoms with Crippen molar-refractivity contribution in [2.75, 3.05) is 10.6 Å². The van der Waals surface area contributed by atoms with Gasteiger partial charge in [0.15, 0.2) is 0 Å². The summed E-state index contributed by atoms with van der Waals surface area (Å²) in [6.45, 7) is 0. The molecule has 0 spiro atoms. The lowest BCUT2D eigenvalue weighted by Gasteiger charge is -2.07. The molecule has 0 bridgehead atoms. The number of amides is 2. The normalized spacial score (nSPS) is 9.47. The fourth-order valence-electron chi connectivity index (χ4n) is 1.39. The molecule has 5 nitrogen and oxygen atoms in total. The van der Waals surface area contributed by atoms with Gasteiger partial charge in [-0.1, -0.05) is 6.07 Å². The van der Waals surface area contributed by atoms with E-state index in [0.29, 0.717) is 17.1 Å². The zero-order valence-electron chi connectivity index (χ0n) is 9.72. The zero-order valence-corrected chi connectivity index (χ0v) is 11.3. The van der Waals surface area contributed by atoms with Crippen molar-refractivity contribution in [3.05, 3.63) is 52.6 Å². The summed E-state index contributed by atoms with van der Waals surface area (Å²) in [5.41, 5.74) is 1.04. The van der Waals surface area contributed by atoms with E-state index in [9.17, 15) is 4.79 Å². The van der Waals surface area contributed by atoms with Crippen LogP contribution in [0, 0.1) is 11.3 Å². The van der Waals surface area contributed by atoms with Crippen molar-refractivity contribution in [2.24, 2.45) is 0 Å². The Bertz CT molecular complexity index is 634. The number of carbonyl (C=O) groups excluding carboxylic acids is 1. The lowest BCUT2D eigenvalue weighted by molar-refractivity contribution is 0.262. The molecule has 0 saturated carbocycles. The minimum atomic E-state index is -0.412. The maximum absolute atomic E-state index is 11.7. The van der Waals surface area contributed by atoms with Crippen LogP contribution in [-0.2, 0) is 0 Å². The summed E-state index contributed by atoms with van der Waals surface area (Å²) in [7, 11) is 0. The molecule has 19 heavy (non-hydrogen) atoms. The second-order valence-electron chi connectivity index (χ2n) is 3.63. The highest BCUT2D eigenvalue weighted by Crippen LogP contribution is 2.12. The Morgan fingerprint density at radius 3 is 2.79 bits per heavy atom. The van der Waals surface area contributed by atoms with E-state index >= 15 is 0 Å². The van der Waals surface area contributed by atoms with Gasteiger partial charge in [0.2, 0.25) is 0 Å². The lowest BCUT2D eigenvalue weighted by atomic mass is 10.2. The van der Waals surface area contributed by atoms with E-state index < -0.39 is 6.03 Å². The van der Waals surface area contributed by atoms with Crippen molar-refractivity contribution >= 4 is 33.5 Å². The van der Waals surface area contributed by atoms with Gasteiger partial charge in [0, 0.05) is 16.4 Å². The molecule has 2 amide bonds. The van der Waals surface area contributed by atoms with Gasteiger partial charge in [-0.25, -0.2) is 9.78 Å². The molecule has 0 atom stereocenters. The summed E-state index contributed by atoms with van der Waals surface area (Å²) >= 11 is 3.26. The van der Waals surface area contributed by atoms with E-state index in [-0.39, 0.29) is 0 Å². The van der Waals surface area contributed by atoms with Crippen LogP contribution in [0.4, 0.5) is 16.3 Å². The third-order valence-electron chi connectivity index (χ3n) is 2.22. The minimum Gasteiger partial charge on any atom is -0.308 e. The Kier molecular flexibility index (Phi) is 4.11. The highest BCUT2D eigenvalue weighted by atomic mass is 79.9. The summed E-state index contributed by atoms with van der Waals surface area (Å²) < 4.78 is 0.833. The lowest BCUT2D eigenvalue weighted by Crippen LogP contribution is -2.20. The SMILES string of the molecule is N#Cc1cccc(NC(=O)Nc2ccc(Br)cn2)c1. The number of aromatic nitrogens is 1. The fraction of sp³-hybridized carbons (Fsp3) is 0. The number of carbonyl (C=O) groups is 1. The summed E-state index contributed by atoms with van der Waals surface area (Å²) in [6, 6.07) is 11.7. The second kappa shape index (κ2) is 5.98. The molecule has 2 aromatic rings. The van der Waals surface area contributed by atoms with Crippen LogP contribution < -0.4 is 10.6 Å². The van der Waals surface area contributed by atoms with Crippen LogP contribution in [0.25, 0.3) is 0 Å². The van der Waals surface area contributed by atoms with Gasteiger partial charge < -0.3 is 5.32 Å². The number of anilines is 2. The van der Waals surface area contributed by atoms with Crippen LogP contribution in [0.3, 0.4) is 0 Å². The monoisotopic (exact) mass is 316 g/mol. The summed E-state index contributed by atoms with van der Waals surface area (Å²) in [4.78, 5) is 15.7. The van der Waals surface area contributed by atoms with Gasteiger partial charge in [0.1, 0.15) is 5.82 Å². The number of halogens is 1. The van der Waals surface area contributed by atoms with Crippen LogP contribution in [0.1, 0.15) is 5.56 Å². The van der Waals surface area contributed by atoms with E-state index in [0.717, 1.165) is 4.47 Å². The van der Waals surface area contributed by atoms with E-state index in [2.05, 4.69) is 31.5 Å². The van der Waals surface area contributed by atoms with Crippen molar-refractivity contribution in [1.82, 2.24) is 4.98 Å². The molecule has 1 aromatic heterocycles. The van der Waals surface area contributed by atoms with Crippen LogP contribution in [0.15, 0.2) is 47.1 Å². The highest BCUT2D eigenvalue weighted by Gasteiger charge is 2.03. The number of urea groups is 1. The molecule has 2 rings (SSSR count). The molecule has 0 aliphatic rings. The van der Waals surface area contributed by atoms with Crippen LogP contribution >= 0.6 is 15.9 Å². The van der Waals surface area contributed by atoms with Crippen molar-refractivity contribution < 1.29 is 4.79 Å². The quantitative estimate of drug-likeness (QED) is 0.891. The molecule has 0 radical (unpaired) electrons. The first-order valence-corrected chi connectivity index (χ1v) is 6.16. The molecule has 0 saturated heterocycles. The zero-order chi connectivity index (χ0) is 13.7. The predicted molar refractivity (Wildman–Crippen MR) is 75.7 cm³/mol. The average Bonchev–Trinajstić information content (AvgIpc) is 2.41. The van der Waals surface area contributed by atoms with Gasteiger partial charge in [-0.2, -0.15) is 5.26 Å². The molecule has 1 aromatic carbocycles. The highest BCUT2D eigenvalue weighted by molar-refractivity contribution is 9.10. The number of pyridine rings is 1. The van der Waals surface area contributed by atoms with Crippen molar-refractivity contribution in [1.29, 1.82) is 5.26 Å². The third-order valence-corrected chi connectivity index (χ3v) is 2.69. The van der Waals surface area contributed by atoms with Crippen LogP contribution in [-0.4, -0.2) is 11.0 Å². The first kappa shape index (κ1) is 13.1. The molecule has 0 unspecified atom stereocenters. The largest absolute Gasteiger partial charge is 0.324 e. The fourth-order valence-corrected chi connectivity index (χ4v) is 1.63. The topological polar surface area (TPSA) is 77.8 Å². The number of rotatable bonds is 2. The maximum atomic E-state index is 11.7. The molecule has 0 aliphatic carbocycles. The minimum absolute atomic E-state index is 0.412. The van der Waals surface area contributed by atoms with Gasteiger partial charge in [0.05, 0.1) is 11.6 Å². The summed E-state index contributed by atoms with van der Waals surface area (Å²) in [5, 5.41) is 14.0. The Labute approximate surface area is 118 Å². The van der Waals surface area contributed by atoms with Crippen molar-refractivity contribution in [3.63, 3.8) is 0 Å². The summed E-state index contributed by atoms with van der Waals surface area (Å²) in [6.07, 6.45) is 1.59. The van der Waals surface area contributed by atoms with E-state index in [4.69, 9.17) is 5.26 Å². The van der Waals surface area contributed by atoms with Crippen LogP contribution in [0.5, 0.6) is 0 Å². The number of nitrogens with one attached hydrogen (secondary N) is 2. The number of benzene rings is 1. The number of nitriles is 1. The molecule has 94 valence electrons. The van der Waals surface area contributed by atoms with Crippen LogP contribution in [0.2, 0.25) is 0 Å². The smallest absolute Gasteiger partial charge is 0.308 e. The Balaban J connectivity index is 2.01. The predicted octanol–water partition coefficient (Wildman–Crippen LogP) is 3.36. The Hall–Kier alpha value is -2.39. The van der Waals surface area contributed by atoms with Gasteiger partial charge >= 0.3 is 6.03 Å². The molecule has 0 aliphatic heterocycles. The summed E-state index contributed by atoms with van der Waals surface area (Å²) in [5.74, 6) is 0.442. The standard InChI is InChI=1S/C13H9BrN4O/c14-10-4-5-12(16-8-10)18-13(19)17-11-3-1-2-9(6-11)7-15/h1-6,8H,(H2,16,17,18,19). The second-order valence-corrected chi connectivity index (χ2v) is 4.55. The Morgan fingerprint density at radius 2 is 2.11 bits per heavy atom. The van der Waals surface area contributed by atoms with E-state index in [1.54, 1.807) is 42.6 Å². The third kappa shape index (κ3) is 3.79. The maximum Gasteiger partial charge on any atom is 0.324 e. The van der Waals surface area contributed by atoms with Gasteiger partial charge in [-0.15, -0.1) is 0 Å². The molecule has 0 fully saturated rings. The number of hydrogen-bond acceptors (Lipinski definition) is 3. The van der Waals surface area contributed by atoms with Crippen molar-refractivity contribution in [3.8, 4) is 6.07 Å². The molecule has 2 N–H and O–H groups in total. The first-order chi connectivity index (χ1) is 9.17. The molecule has 6 heteroatoms. The molecule has 1 heterocycles. The molecular weight excluding hydrogens is 308 g/mol. The van der Waals surface area contributed by atoms with Gasteiger partial charge in [0.25, 0.3) is 0 Å².